The van der Waals surface area contributed by atoms with E-state index in [1.807, 2.05) is 67.8 Å². The monoisotopic (exact) mass is 616 g/mol. The first-order chi connectivity index (χ1) is 9.41. The highest BCUT2D eigenvalue weighted by atomic mass is 127. The Labute approximate surface area is 159 Å². The maximum atomic E-state index is 12.0. The summed E-state index contributed by atoms with van der Waals surface area (Å²) in [5.74, 6) is -1.26. The van der Waals surface area contributed by atoms with Crippen LogP contribution in [0.3, 0.4) is 0 Å². The summed E-state index contributed by atoms with van der Waals surface area (Å²) in [6.07, 6.45) is 4.06. The van der Waals surface area contributed by atoms with E-state index in [1.165, 1.54) is 0 Å². The van der Waals surface area contributed by atoms with Gasteiger partial charge in [-0.15, -0.1) is 0 Å². The lowest BCUT2D eigenvalue weighted by Crippen LogP contribution is -2.10. The van der Waals surface area contributed by atoms with Gasteiger partial charge in [0.2, 0.25) is 0 Å². The fraction of sp³-hybridized carbons (Fsp3) is 0.462. The Hall–Kier alpha value is 0.480. The van der Waals surface area contributed by atoms with Crippen LogP contribution in [-0.2, 0) is 4.74 Å². The van der Waals surface area contributed by atoms with Gasteiger partial charge in [-0.1, -0.05) is 26.2 Å². The summed E-state index contributed by atoms with van der Waals surface area (Å²) in [7, 11) is 0. The number of hydrogen-bond acceptors (Lipinski definition) is 4. The third-order valence-electron chi connectivity index (χ3n) is 2.71. The molecule has 0 amide bonds. The number of rotatable bonds is 6. The molecule has 2 N–H and O–H groups in total. The molecule has 0 aliphatic carbocycles. The molecule has 1 rings (SSSR count). The number of aromatic hydroxyl groups is 2. The van der Waals surface area contributed by atoms with Crippen molar-refractivity contribution in [1.82, 2.24) is 0 Å². The van der Waals surface area contributed by atoms with Crippen LogP contribution in [0.2, 0.25) is 0 Å². The van der Waals surface area contributed by atoms with E-state index in [1.54, 1.807) is 0 Å². The molecule has 112 valence electrons. The fourth-order valence-electron chi connectivity index (χ4n) is 1.59. The van der Waals surface area contributed by atoms with Crippen molar-refractivity contribution in [3.8, 4) is 11.5 Å². The lowest BCUT2D eigenvalue weighted by molar-refractivity contribution is 0.0492. The summed E-state index contributed by atoms with van der Waals surface area (Å²) in [5.41, 5.74) is 0.0448. The second kappa shape index (κ2) is 8.81. The Morgan fingerprint density at radius 3 is 2.25 bits per heavy atom. The van der Waals surface area contributed by atoms with E-state index in [-0.39, 0.29) is 11.3 Å². The zero-order valence-electron chi connectivity index (χ0n) is 10.9. The Kier molecular flexibility index (Phi) is 8.16. The van der Waals surface area contributed by atoms with Gasteiger partial charge in [-0.05, 0) is 74.2 Å². The van der Waals surface area contributed by atoms with Crippen LogP contribution in [0, 0.1) is 10.7 Å². The molecule has 0 aromatic heterocycles. The van der Waals surface area contributed by atoms with Gasteiger partial charge < -0.3 is 14.9 Å². The van der Waals surface area contributed by atoms with Crippen molar-refractivity contribution in [3.63, 3.8) is 0 Å². The zero-order chi connectivity index (χ0) is 15.3. The maximum Gasteiger partial charge on any atom is 0.343 e. The quantitative estimate of drug-likeness (QED) is 0.161. The fourth-order valence-corrected chi connectivity index (χ4v) is 3.90. The number of phenolic OH excluding ortho intramolecular Hbond substituents is 2. The van der Waals surface area contributed by atoms with Gasteiger partial charge in [-0.25, -0.2) is 4.79 Å². The van der Waals surface area contributed by atoms with Gasteiger partial charge in [0.1, 0.15) is 5.56 Å². The Balaban J connectivity index is 2.83. The van der Waals surface area contributed by atoms with Crippen LogP contribution in [0.5, 0.6) is 11.5 Å². The first-order valence-electron chi connectivity index (χ1n) is 6.17. The molecule has 0 spiro atoms. The average molecular weight is 616 g/mol. The maximum absolute atomic E-state index is 12.0. The molecule has 0 fully saturated rings. The highest BCUT2D eigenvalue weighted by Gasteiger charge is 2.25. The van der Waals surface area contributed by atoms with Crippen molar-refractivity contribution in [2.75, 3.05) is 6.61 Å². The van der Waals surface area contributed by atoms with Gasteiger partial charge in [0.25, 0.3) is 0 Å². The van der Waals surface area contributed by atoms with E-state index in [2.05, 4.69) is 6.92 Å². The molecule has 0 bridgehead atoms. The molecule has 0 aliphatic heterocycles. The van der Waals surface area contributed by atoms with Crippen LogP contribution in [0.25, 0.3) is 0 Å². The molecule has 0 saturated heterocycles. The summed E-state index contributed by atoms with van der Waals surface area (Å²) in [5, 5.41) is 19.7. The normalized spacial score (nSPS) is 10.6. The molecule has 1 aromatic rings. The topological polar surface area (TPSA) is 66.8 Å². The summed E-state index contributed by atoms with van der Waals surface area (Å²) >= 11 is 5.94. The van der Waals surface area contributed by atoms with E-state index in [0.717, 1.165) is 29.3 Å². The minimum atomic E-state index is -0.590. The van der Waals surface area contributed by atoms with Crippen LogP contribution in [-0.4, -0.2) is 22.8 Å². The smallest absolute Gasteiger partial charge is 0.343 e. The van der Waals surface area contributed by atoms with Gasteiger partial charge in [0.05, 0.1) is 10.2 Å². The van der Waals surface area contributed by atoms with Crippen LogP contribution in [0.1, 0.15) is 43.0 Å². The van der Waals surface area contributed by atoms with E-state index >= 15 is 0 Å². The molecule has 7 heteroatoms. The zero-order valence-corrected chi connectivity index (χ0v) is 17.4. The van der Waals surface area contributed by atoms with E-state index < -0.39 is 11.7 Å². The van der Waals surface area contributed by atoms with E-state index in [4.69, 9.17) is 4.74 Å². The number of unbranched alkanes of at least 4 members (excludes halogenated alkanes) is 3. The van der Waals surface area contributed by atoms with Crippen molar-refractivity contribution < 1.29 is 19.7 Å². The van der Waals surface area contributed by atoms with Crippen molar-refractivity contribution in [1.29, 1.82) is 0 Å². The molecule has 20 heavy (non-hydrogen) atoms. The van der Waals surface area contributed by atoms with Crippen LogP contribution in [0.4, 0.5) is 0 Å². The highest BCUT2D eigenvalue weighted by Crippen LogP contribution is 2.40. The second-order valence-electron chi connectivity index (χ2n) is 4.21. The first-order valence-corrected chi connectivity index (χ1v) is 9.40. The molecule has 0 saturated carbocycles. The van der Waals surface area contributed by atoms with Crippen molar-refractivity contribution >= 4 is 73.7 Å². The van der Waals surface area contributed by atoms with Crippen molar-refractivity contribution in [2.45, 2.75) is 32.6 Å². The summed E-state index contributed by atoms with van der Waals surface area (Å²) in [6, 6.07) is 0. The number of ether oxygens (including phenoxy) is 1. The largest absolute Gasteiger partial charge is 0.504 e. The van der Waals surface area contributed by atoms with Crippen molar-refractivity contribution in [3.05, 3.63) is 16.3 Å². The lowest BCUT2D eigenvalue weighted by atomic mass is 10.2. The predicted octanol–water partition coefficient (Wildman–Crippen LogP) is 4.65. The number of halogens is 3. The summed E-state index contributed by atoms with van der Waals surface area (Å²) in [4.78, 5) is 12.0. The third kappa shape index (κ3) is 4.49. The SMILES string of the molecule is CCCCCCOC(=O)c1c(O)c(O)c(I)c(I)c1I. The minimum absolute atomic E-state index is 0.0448. The number of benzene rings is 1. The minimum Gasteiger partial charge on any atom is -0.504 e. The summed E-state index contributed by atoms with van der Waals surface area (Å²) < 4.78 is 7.03. The van der Waals surface area contributed by atoms with Gasteiger partial charge in [-0.2, -0.15) is 0 Å². The van der Waals surface area contributed by atoms with Crippen LogP contribution >= 0.6 is 67.8 Å². The Morgan fingerprint density at radius 2 is 1.65 bits per heavy atom. The second-order valence-corrected chi connectivity index (χ2v) is 7.45. The van der Waals surface area contributed by atoms with Gasteiger partial charge in [0.15, 0.2) is 11.5 Å². The molecular formula is C13H15I3O4. The van der Waals surface area contributed by atoms with E-state index in [0.29, 0.717) is 13.7 Å². The van der Waals surface area contributed by atoms with Gasteiger partial charge >= 0.3 is 5.97 Å². The Morgan fingerprint density at radius 1 is 1.00 bits per heavy atom. The average Bonchev–Trinajstić information content (AvgIpc) is 2.43. The molecule has 0 atom stereocenters. The molecule has 0 unspecified atom stereocenters. The Bertz CT molecular complexity index is 474. The van der Waals surface area contributed by atoms with Crippen LogP contribution < -0.4 is 0 Å². The molecular weight excluding hydrogens is 601 g/mol. The standard InChI is InChI=1S/C13H15I3O4/c1-2-3-4-5-6-20-13(19)7-8(14)9(15)10(16)12(18)11(7)17/h17-18H,2-6H2,1H3. The predicted molar refractivity (Wildman–Crippen MR) is 102 cm³/mol. The van der Waals surface area contributed by atoms with Gasteiger partial charge in [-0.3, -0.25) is 0 Å². The number of esters is 1. The third-order valence-corrected chi connectivity index (χ3v) is 7.98. The molecule has 4 nitrogen and oxygen atoms in total. The number of carbonyl (C=O) groups is 1. The molecule has 0 heterocycles. The molecule has 0 radical (unpaired) electrons. The number of phenols is 2. The summed E-state index contributed by atoms with van der Waals surface area (Å²) in [6.45, 7) is 2.44. The highest BCUT2D eigenvalue weighted by molar-refractivity contribution is 14.1. The van der Waals surface area contributed by atoms with E-state index in [9.17, 15) is 15.0 Å². The molecule has 0 aliphatic rings. The first kappa shape index (κ1) is 18.5. The van der Waals surface area contributed by atoms with Crippen molar-refractivity contribution in [2.24, 2.45) is 0 Å². The number of hydrogen-bond donors (Lipinski definition) is 2. The lowest BCUT2D eigenvalue weighted by Gasteiger charge is -2.12. The number of carbonyl (C=O) groups excluding carboxylic acids is 1. The van der Waals surface area contributed by atoms with Crippen LogP contribution in [0.15, 0.2) is 0 Å². The van der Waals surface area contributed by atoms with Gasteiger partial charge in [0, 0.05) is 7.14 Å². The molecule has 1 aromatic carbocycles.